The minimum absolute atomic E-state index is 0.0652. The Kier molecular flexibility index (Phi) is 12.6. The van der Waals surface area contributed by atoms with E-state index in [-0.39, 0.29) is 18.6 Å². The van der Waals surface area contributed by atoms with Gasteiger partial charge in [-0.3, -0.25) is 14.4 Å². The van der Waals surface area contributed by atoms with Crippen molar-refractivity contribution in [3.8, 4) is 0 Å². The molecule has 1 heterocycles. The Morgan fingerprint density at radius 1 is 0.946 bits per heavy atom. The third-order valence-electron chi connectivity index (χ3n) is 5.63. The van der Waals surface area contributed by atoms with Crippen molar-refractivity contribution in [2.24, 2.45) is 11.5 Å². The van der Waals surface area contributed by atoms with Crippen LogP contribution in [0, 0.1) is 0 Å². The van der Waals surface area contributed by atoms with Crippen LogP contribution in [-0.4, -0.2) is 75.2 Å². The number of benzene rings is 1. The molecule has 3 amide bonds. The highest BCUT2D eigenvalue weighted by molar-refractivity contribution is 7.80. The summed E-state index contributed by atoms with van der Waals surface area (Å²) in [5.41, 5.74) is 12.8. The minimum Gasteiger partial charge on any atom is -0.480 e. The van der Waals surface area contributed by atoms with Gasteiger partial charge < -0.3 is 37.5 Å². The lowest BCUT2D eigenvalue weighted by atomic mass is 10.1. The maximum atomic E-state index is 13.1. The number of hydrogen-bond acceptors (Lipinski definition) is 8. The summed E-state index contributed by atoms with van der Waals surface area (Å²) in [6.45, 7) is 0.487. The minimum atomic E-state index is -1.21. The van der Waals surface area contributed by atoms with E-state index in [0.717, 1.165) is 12.0 Å². The summed E-state index contributed by atoms with van der Waals surface area (Å²) >= 11 is 4.15. The standard InChI is InChI=1S/C24H35N7O5S/c25-9-5-4-8-17(26)21(32)29-18(11-16-12-27-14-28-16)22(33)31-20(13-37)23(34)30-19(24(35)36)10-15-6-2-1-3-7-15/h1-3,6-7,12,14,17-20,37H,4-5,8-11,13,25-26H2,(H,27,28)(H,29,32)(H,30,34)(H,31,33)(H,35,36). The molecule has 4 unspecified atom stereocenters. The highest BCUT2D eigenvalue weighted by atomic mass is 32.1. The van der Waals surface area contributed by atoms with E-state index in [1.807, 2.05) is 0 Å². The van der Waals surface area contributed by atoms with E-state index in [0.29, 0.717) is 25.1 Å². The molecule has 1 aromatic heterocycles. The summed E-state index contributed by atoms with van der Waals surface area (Å²) in [5.74, 6) is -3.19. The van der Waals surface area contributed by atoms with Crippen molar-refractivity contribution in [2.75, 3.05) is 12.3 Å². The number of rotatable bonds is 16. The van der Waals surface area contributed by atoms with Crippen molar-refractivity contribution in [2.45, 2.75) is 56.3 Å². The Labute approximate surface area is 220 Å². The number of unbranched alkanes of at least 4 members (excludes halogenated alkanes) is 1. The van der Waals surface area contributed by atoms with Crippen molar-refractivity contribution in [3.05, 3.63) is 54.1 Å². The van der Waals surface area contributed by atoms with Gasteiger partial charge in [0.15, 0.2) is 0 Å². The van der Waals surface area contributed by atoms with Gasteiger partial charge in [0.2, 0.25) is 17.7 Å². The number of aliphatic carboxylic acids is 1. The monoisotopic (exact) mass is 533 g/mol. The van der Waals surface area contributed by atoms with Gasteiger partial charge in [0.25, 0.3) is 0 Å². The molecule has 0 aliphatic heterocycles. The summed E-state index contributed by atoms with van der Waals surface area (Å²) < 4.78 is 0. The lowest BCUT2D eigenvalue weighted by Crippen LogP contribution is -2.58. The van der Waals surface area contributed by atoms with E-state index >= 15 is 0 Å². The third-order valence-corrected chi connectivity index (χ3v) is 6.00. The number of nitrogens with one attached hydrogen (secondary N) is 4. The quantitative estimate of drug-likeness (QED) is 0.100. The number of carboxylic acid groups (broad SMARTS) is 1. The molecule has 0 spiro atoms. The number of carbonyl (C=O) groups is 4. The van der Waals surface area contributed by atoms with Crippen LogP contribution in [0.15, 0.2) is 42.9 Å². The molecule has 0 saturated heterocycles. The number of nitrogens with zero attached hydrogens (tertiary/aromatic N) is 1. The van der Waals surface area contributed by atoms with Crippen LogP contribution >= 0.6 is 12.6 Å². The number of nitrogens with two attached hydrogens (primary N) is 2. The first-order valence-electron chi connectivity index (χ1n) is 12.0. The van der Waals surface area contributed by atoms with Gasteiger partial charge in [-0.15, -0.1) is 0 Å². The van der Waals surface area contributed by atoms with Gasteiger partial charge in [0, 0.05) is 30.5 Å². The van der Waals surface area contributed by atoms with Crippen LogP contribution in [0.25, 0.3) is 0 Å². The molecule has 13 heteroatoms. The average molecular weight is 534 g/mol. The van der Waals surface area contributed by atoms with E-state index in [4.69, 9.17) is 11.5 Å². The fraction of sp³-hybridized carbons (Fsp3) is 0.458. The average Bonchev–Trinajstić information content (AvgIpc) is 3.40. The molecule has 202 valence electrons. The first-order chi connectivity index (χ1) is 17.7. The zero-order chi connectivity index (χ0) is 27.2. The zero-order valence-electron chi connectivity index (χ0n) is 20.4. The van der Waals surface area contributed by atoms with Gasteiger partial charge in [0.1, 0.15) is 18.1 Å². The van der Waals surface area contributed by atoms with E-state index in [1.165, 1.54) is 12.5 Å². The molecule has 0 radical (unpaired) electrons. The second kappa shape index (κ2) is 15.6. The Balaban J connectivity index is 2.07. The van der Waals surface area contributed by atoms with Crippen LogP contribution in [0.5, 0.6) is 0 Å². The number of thiol groups is 1. The van der Waals surface area contributed by atoms with Gasteiger partial charge in [-0.2, -0.15) is 12.6 Å². The largest absolute Gasteiger partial charge is 0.480 e. The molecule has 4 atom stereocenters. The first-order valence-corrected chi connectivity index (χ1v) is 12.6. The molecule has 37 heavy (non-hydrogen) atoms. The van der Waals surface area contributed by atoms with Gasteiger partial charge in [0.05, 0.1) is 12.4 Å². The van der Waals surface area contributed by atoms with E-state index in [1.54, 1.807) is 30.3 Å². The van der Waals surface area contributed by atoms with E-state index in [2.05, 4.69) is 38.5 Å². The number of amides is 3. The molecular formula is C24H35N7O5S. The Bertz CT molecular complexity index is 1010. The zero-order valence-corrected chi connectivity index (χ0v) is 21.3. The smallest absolute Gasteiger partial charge is 0.326 e. The first kappa shape index (κ1) is 29.8. The normalized spacial score (nSPS) is 14.1. The van der Waals surface area contributed by atoms with Crippen molar-refractivity contribution >= 4 is 36.3 Å². The number of carbonyl (C=O) groups excluding carboxylic acids is 3. The van der Waals surface area contributed by atoms with Gasteiger partial charge >= 0.3 is 5.97 Å². The molecule has 12 nitrogen and oxygen atoms in total. The highest BCUT2D eigenvalue weighted by Gasteiger charge is 2.30. The molecule has 0 aliphatic rings. The summed E-state index contributed by atoms with van der Waals surface area (Å²) in [7, 11) is 0. The van der Waals surface area contributed by atoms with Crippen LogP contribution in [0.2, 0.25) is 0 Å². The Hall–Kier alpha value is -3.42. The fourth-order valence-corrected chi connectivity index (χ4v) is 3.79. The molecule has 0 saturated carbocycles. The van der Waals surface area contributed by atoms with E-state index < -0.39 is 47.9 Å². The van der Waals surface area contributed by atoms with Gasteiger partial charge in [-0.1, -0.05) is 36.8 Å². The van der Waals surface area contributed by atoms with Crippen molar-refractivity contribution in [1.82, 2.24) is 25.9 Å². The molecule has 1 aromatic carbocycles. The lowest BCUT2D eigenvalue weighted by molar-refractivity contribution is -0.142. The predicted octanol–water partition coefficient (Wildman–Crippen LogP) is -0.880. The summed E-state index contributed by atoms with van der Waals surface area (Å²) in [6.07, 6.45) is 4.87. The second-order valence-electron chi connectivity index (χ2n) is 8.57. The van der Waals surface area contributed by atoms with Crippen LogP contribution in [-0.2, 0) is 32.0 Å². The number of H-pyrrole nitrogens is 1. The summed E-state index contributed by atoms with van der Waals surface area (Å²) in [5, 5.41) is 17.2. The van der Waals surface area contributed by atoms with Crippen molar-refractivity contribution in [3.63, 3.8) is 0 Å². The third kappa shape index (κ3) is 10.2. The van der Waals surface area contributed by atoms with Crippen LogP contribution in [0.4, 0.5) is 0 Å². The summed E-state index contributed by atoms with van der Waals surface area (Å²) in [4.78, 5) is 57.1. The number of hydrogen-bond donors (Lipinski definition) is 8. The van der Waals surface area contributed by atoms with Crippen LogP contribution in [0.3, 0.4) is 0 Å². The Morgan fingerprint density at radius 2 is 1.59 bits per heavy atom. The molecule has 0 bridgehead atoms. The SMILES string of the molecule is NCCCCC(N)C(=O)NC(Cc1cnc[nH]1)C(=O)NC(CS)C(=O)NC(Cc1ccccc1)C(=O)O. The number of carboxylic acids is 1. The maximum Gasteiger partial charge on any atom is 0.326 e. The fourth-order valence-electron chi connectivity index (χ4n) is 3.53. The lowest BCUT2D eigenvalue weighted by Gasteiger charge is -2.24. The number of aromatic amines is 1. The number of aromatic nitrogens is 2. The van der Waals surface area contributed by atoms with Crippen molar-refractivity contribution in [1.29, 1.82) is 0 Å². The van der Waals surface area contributed by atoms with Gasteiger partial charge in [-0.05, 0) is 24.9 Å². The van der Waals surface area contributed by atoms with Crippen molar-refractivity contribution < 1.29 is 24.3 Å². The summed E-state index contributed by atoms with van der Waals surface area (Å²) in [6, 6.07) is 4.60. The van der Waals surface area contributed by atoms with Gasteiger partial charge in [-0.25, -0.2) is 9.78 Å². The molecule has 0 fully saturated rings. The predicted molar refractivity (Wildman–Crippen MR) is 141 cm³/mol. The molecule has 0 aliphatic carbocycles. The highest BCUT2D eigenvalue weighted by Crippen LogP contribution is 2.06. The molecule has 2 rings (SSSR count). The Morgan fingerprint density at radius 3 is 2.19 bits per heavy atom. The van der Waals surface area contributed by atoms with E-state index in [9.17, 15) is 24.3 Å². The molecule has 9 N–H and O–H groups in total. The number of imidazole rings is 1. The van der Waals surface area contributed by atoms with Crippen LogP contribution in [0.1, 0.15) is 30.5 Å². The van der Waals surface area contributed by atoms with Crippen LogP contribution < -0.4 is 27.4 Å². The maximum absolute atomic E-state index is 13.1. The topological polar surface area (TPSA) is 205 Å². The second-order valence-corrected chi connectivity index (χ2v) is 8.93. The molecular weight excluding hydrogens is 498 g/mol. The molecule has 2 aromatic rings.